The molecule has 0 nitrogen and oxygen atoms in total. The fraction of sp³-hybridized carbons (Fsp3) is 0.852. The summed E-state index contributed by atoms with van der Waals surface area (Å²) in [4.78, 5) is 0. The predicted octanol–water partition coefficient (Wildman–Crippen LogP) is 8.19. The van der Waals surface area contributed by atoms with Gasteiger partial charge in [0.15, 0.2) is 0 Å². The summed E-state index contributed by atoms with van der Waals surface area (Å²) in [5, 5.41) is 0. The van der Waals surface area contributed by atoms with Gasteiger partial charge in [0, 0.05) is 0 Å². The fourth-order valence-electron chi connectivity index (χ4n) is 8.30. The topological polar surface area (TPSA) is 0 Å². The third kappa shape index (κ3) is 3.28. The van der Waals surface area contributed by atoms with Crippen LogP contribution in [-0.4, -0.2) is 0 Å². The van der Waals surface area contributed by atoms with Crippen molar-refractivity contribution >= 4 is 0 Å². The van der Waals surface area contributed by atoms with E-state index in [9.17, 15) is 0 Å². The minimum Gasteiger partial charge on any atom is -0.0880 e. The Hall–Kier alpha value is -0.520. The molecule has 0 saturated heterocycles. The second kappa shape index (κ2) is 7.38. The molecule has 4 aliphatic rings. The number of hydrogen-bond acceptors (Lipinski definition) is 0. The molecule has 7 atom stereocenters. The fourth-order valence-corrected chi connectivity index (χ4v) is 8.30. The van der Waals surface area contributed by atoms with Crippen LogP contribution in [0.5, 0.6) is 0 Å². The molecule has 0 heteroatoms. The maximum absolute atomic E-state index is 2.73. The maximum Gasteiger partial charge on any atom is -0.00853 e. The standard InChI is InChI=1S/C27H44/c1-19(2)9-8-10-20(3)23-14-15-24-22-13-12-21-11-6-7-17-26(21,4)25(22)16-18-27(23,24)5/h8,10,12,19-20,22-25H,6-7,9,11,13-18H2,1-5H3/t20-,22+,23-,24+,25+,26+,27-/m1/s1. The molecule has 0 aliphatic heterocycles. The van der Waals surface area contributed by atoms with Crippen LogP contribution < -0.4 is 0 Å². The highest BCUT2D eigenvalue weighted by Crippen LogP contribution is 2.67. The first-order valence-electron chi connectivity index (χ1n) is 12.2. The van der Waals surface area contributed by atoms with Gasteiger partial charge < -0.3 is 0 Å². The smallest absolute Gasteiger partial charge is 0.00853 e. The molecule has 0 spiro atoms. The molecule has 0 radical (unpaired) electrons. The van der Waals surface area contributed by atoms with E-state index < -0.39 is 0 Å². The van der Waals surface area contributed by atoms with Crippen LogP contribution in [0.15, 0.2) is 23.8 Å². The summed E-state index contributed by atoms with van der Waals surface area (Å²) in [6.45, 7) is 12.5. The van der Waals surface area contributed by atoms with Crippen molar-refractivity contribution in [2.45, 2.75) is 98.8 Å². The van der Waals surface area contributed by atoms with E-state index in [4.69, 9.17) is 0 Å². The quantitative estimate of drug-likeness (QED) is 0.439. The van der Waals surface area contributed by atoms with Crippen molar-refractivity contribution in [1.29, 1.82) is 0 Å². The van der Waals surface area contributed by atoms with Crippen molar-refractivity contribution < 1.29 is 0 Å². The van der Waals surface area contributed by atoms with Crippen molar-refractivity contribution in [2.75, 3.05) is 0 Å². The van der Waals surface area contributed by atoms with Crippen molar-refractivity contribution in [3.8, 4) is 0 Å². The average Bonchev–Trinajstić information content (AvgIpc) is 2.98. The maximum atomic E-state index is 2.73. The van der Waals surface area contributed by atoms with E-state index in [0.717, 1.165) is 35.5 Å². The summed E-state index contributed by atoms with van der Waals surface area (Å²) in [5.41, 5.74) is 3.01. The van der Waals surface area contributed by atoms with Crippen LogP contribution in [0.3, 0.4) is 0 Å². The van der Waals surface area contributed by atoms with Gasteiger partial charge in [0.05, 0.1) is 0 Å². The van der Waals surface area contributed by atoms with Gasteiger partial charge in [-0.2, -0.15) is 0 Å². The van der Waals surface area contributed by atoms with Crippen molar-refractivity contribution in [3.63, 3.8) is 0 Å². The Morgan fingerprint density at radius 1 is 1.04 bits per heavy atom. The molecule has 152 valence electrons. The summed E-state index contributed by atoms with van der Waals surface area (Å²) < 4.78 is 0. The number of rotatable bonds is 4. The Labute approximate surface area is 169 Å². The lowest BCUT2D eigenvalue weighted by Crippen LogP contribution is -2.49. The lowest BCUT2D eigenvalue weighted by molar-refractivity contribution is -0.0462. The van der Waals surface area contributed by atoms with Crippen LogP contribution in [0.2, 0.25) is 0 Å². The van der Waals surface area contributed by atoms with Gasteiger partial charge in [0.1, 0.15) is 0 Å². The van der Waals surface area contributed by atoms with Gasteiger partial charge in [0.25, 0.3) is 0 Å². The van der Waals surface area contributed by atoms with Gasteiger partial charge in [-0.05, 0) is 104 Å². The minimum absolute atomic E-state index is 0.559. The normalized spacial score (nSPS) is 45.3. The molecule has 0 bridgehead atoms. The Morgan fingerprint density at radius 2 is 1.85 bits per heavy atom. The third-order valence-corrected chi connectivity index (χ3v) is 9.77. The summed E-state index contributed by atoms with van der Waals surface area (Å²) in [6, 6.07) is 0. The largest absolute Gasteiger partial charge is 0.0880 e. The van der Waals surface area contributed by atoms with Crippen molar-refractivity contribution in [2.24, 2.45) is 46.3 Å². The van der Waals surface area contributed by atoms with Crippen LogP contribution in [0, 0.1) is 46.3 Å². The van der Waals surface area contributed by atoms with Gasteiger partial charge in [-0.3, -0.25) is 0 Å². The van der Waals surface area contributed by atoms with Crippen LogP contribution in [0.25, 0.3) is 0 Å². The van der Waals surface area contributed by atoms with E-state index in [-0.39, 0.29) is 0 Å². The lowest BCUT2D eigenvalue weighted by atomic mass is 9.47. The number of fused-ring (bicyclic) bond motifs is 5. The highest BCUT2D eigenvalue weighted by Gasteiger charge is 2.58. The third-order valence-electron chi connectivity index (χ3n) is 9.77. The van der Waals surface area contributed by atoms with E-state index >= 15 is 0 Å². The molecule has 27 heavy (non-hydrogen) atoms. The highest BCUT2D eigenvalue weighted by molar-refractivity contribution is 5.24. The summed E-state index contributed by atoms with van der Waals surface area (Å²) in [5.74, 6) is 5.41. The van der Waals surface area contributed by atoms with E-state index in [1.807, 2.05) is 5.57 Å². The van der Waals surface area contributed by atoms with E-state index in [1.54, 1.807) is 0 Å². The first kappa shape index (κ1) is 19.8. The molecule has 0 amide bonds. The van der Waals surface area contributed by atoms with E-state index in [0.29, 0.717) is 10.8 Å². The van der Waals surface area contributed by atoms with Gasteiger partial charge in [-0.1, -0.05) is 64.8 Å². The first-order valence-corrected chi connectivity index (χ1v) is 12.2. The second-order valence-corrected chi connectivity index (χ2v) is 11.6. The SMILES string of the molecule is CC(C)CC=C[C@@H](C)[C@H]1CC[C@H]2[C@@H]3CC=C4CCCC[C@]4(C)[C@H]3CC[C@]12C. The Balaban J connectivity index is 1.53. The Morgan fingerprint density at radius 3 is 2.63 bits per heavy atom. The van der Waals surface area contributed by atoms with Crippen LogP contribution in [-0.2, 0) is 0 Å². The molecule has 3 saturated carbocycles. The summed E-state index contributed by atoms with van der Waals surface area (Å²) in [7, 11) is 0. The number of allylic oxidation sites excluding steroid dienone is 4. The molecule has 0 heterocycles. The van der Waals surface area contributed by atoms with Crippen LogP contribution in [0.4, 0.5) is 0 Å². The molecule has 4 rings (SSSR count). The molecule has 0 aromatic heterocycles. The zero-order valence-electron chi connectivity index (χ0n) is 18.8. The first-order chi connectivity index (χ1) is 12.9. The van der Waals surface area contributed by atoms with Crippen LogP contribution in [0.1, 0.15) is 98.8 Å². The monoisotopic (exact) mass is 368 g/mol. The average molecular weight is 369 g/mol. The number of hydrogen-bond donors (Lipinski definition) is 0. The van der Waals surface area contributed by atoms with Gasteiger partial charge in [-0.25, -0.2) is 0 Å². The Kier molecular flexibility index (Phi) is 5.41. The molecule has 3 fully saturated rings. The van der Waals surface area contributed by atoms with Gasteiger partial charge >= 0.3 is 0 Å². The van der Waals surface area contributed by atoms with Crippen molar-refractivity contribution in [1.82, 2.24) is 0 Å². The molecule has 0 N–H and O–H groups in total. The lowest BCUT2D eigenvalue weighted by Gasteiger charge is -2.58. The minimum atomic E-state index is 0.559. The summed E-state index contributed by atoms with van der Waals surface area (Å²) >= 11 is 0. The molecule has 0 aromatic carbocycles. The molecule has 4 aliphatic carbocycles. The van der Waals surface area contributed by atoms with Gasteiger partial charge in [-0.15, -0.1) is 0 Å². The second-order valence-electron chi connectivity index (χ2n) is 11.6. The zero-order valence-corrected chi connectivity index (χ0v) is 18.8. The molecule has 0 unspecified atom stereocenters. The molecular formula is C27H44. The van der Waals surface area contributed by atoms with E-state index in [1.165, 1.54) is 64.2 Å². The van der Waals surface area contributed by atoms with E-state index in [2.05, 4.69) is 52.8 Å². The van der Waals surface area contributed by atoms with Gasteiger partial charge in [0.2, 0.25) is 0 Å². The van der Waals surface area contributed by atoms with Crippen molar-refractivity contribution in [3.05, 3.63) is 23.8 Å². The zero-order chi connectivity index (χ0) is 19.2. The Bertz CT molecular complexity index is 595. The summed E-state index contributed by atoms with van der Waals surface area (Å²) in [6.07, 6.45) is 22.2. The predicted molar refractivity (Wildman–Crippen MR) is 118 cm³/mol. The molecule has 0 aromatic rings. The molecular weight excluding hydrogens is 324 g/mol. The highest BCUT2D eigenvalue weighted by atomic mass is 14.6. The van der Waals surface area contributed by atoms with Crippen LogP contribution >= 0.6 is 0 Å².